The molecule has 0 fully saturated rings. The Morgan fingerprint density at radius 2 is 1.41 bits per heavy atom. The fourth-order valence-corrected chi connectivity index (χ4v) is 1.99. The first kappa shape index (κ1) is 16.6. The molecule has 1 unspecified atom stereocenters. The van der Waals surface area contributed by atoms with E-state index in [2.05, 4.69) is 13.8 Å². The maximum atomic E-state index is 11.6. The van der Waals surface area contributed by atoms with Gasteiger partial charge in [0.05, 0.1) is 0 Å². The van der Waals surface area contributed by atoms with E-state index < -0.39 is 6.10 Å². The van der Waals surface area contributed by atoms with Crippen LogP contribution >= 0.6 is 0 Å². The summed E-state index contributed by atoms with van der Waals surface area (Å²) in [5.41, 5.74) is 0. The van der Waals surface area contributed by atoms with E-state index in [1.807, 2.05) is 0 Å². The summed E-state index contributed by atoms with van der Waals surface area (Å²) in [5, 5.41) is 9.67. The van der Waals surface area contributed by atoms with Crippen molar-refractivity contribution in [2.45, 2.75) is 90.6 Å². The lowest BCUT2D eigenvalue weighted by Crippen LogP contribution is -2.19. The van der Waals surface area contributed by atoms with Crippen LogP contribution in [0.15, 0.2) is 0 Å². The molecule has 0 aliphatic carbocycles. The number of aliphatic hydroxyl groups is 1. The topological polar surface area (TPSA) is 37.3 Å². The highest BCUT2D eigenvalue weighted by atomic mass is 16.3. The van der Waals surface area contributed by atoms with Crippen LogP contribution < -0.4 is 0 Å². The third-order valence-corrected chi connectivity index (χ3v) is 3.23. The maximum absolute atomic E-state index is 11.6. The number of rotatable bonds is 12. The lowest BCUT2D eigenvalue weighted by Gasteiger charge is -2.09. The van der Waals surface area contributed by atoms with E-state index in [0.29, 0.717) is 12.8 Å². The van der Waals surface area contributed by atoms with Gasteiger partial charge in [0.1, 0.15) is 6.10 Å². The van der Waals surface area contributed by atoms with Crippen LogP contribution in [0, 0.1) is 0 Å². The molecule has 2 heteroatoms. The third-order valence-electron chi connectivity index (χ3n) is 3.23. The van der Waals surface area contributed by atoms with Crippen molar-refractivity contribution in [2.24, 2.45) is 0 Å². The fraction of sp³-hybridized carbons (Fsp3) is 0.933. The van der Waals surface area contributed by atoms with Crippen LogP contribution in [0.1, 0.15) is 84.5 Å². The molecule has 0 saturated heterocycles. The lowest BCUT2D eigenvalue weighted by atomic mass is 10.0. The van der Waals surface area contributed by atoms with E-state index in [9.17, 15) is 9.90 Å². The van der Waals surface area contributed by atoms with Gasteiger partial charge in [0.25, 0.3) is 0 Å². The minimum atomic E-state index is -0.696. The average Bonchev–Trinajstić information content (AvgIpc) is 2.34. The lowest BCUT2D eigenvalue weighted by molar-refractivity contribution is -0.127. The second-order valence-corrected chi connectivity index (χ2v) is 5.00. The Labute approximate surface area is 107 Å². The number of unbranched alkanes of at least 4 members (excludes halogenated alkanes) is 7. The molecule has 0 aliphatic rings. The van der Waals surface area contributed by atoms with Gasteiger partial charge in [0.15, 0.2) is 5.78 Å². The van der Waals surface area contributed by atoms with Crippen LogP contribution in [0.25, 0.3) is 0 Å². The maximum Gasteiger partial charge on any atom is 0.161 e. The molecule has 102 valence electrons. The van der Waals surface area contributed by atoms with Crippen molar-refractivity contribution in [3.05, 3.63) is 0 Å². The van der Waals surface area contributed by atoms with Crippen LogP contribution in [0.4, 0.5) is 0 Å². The minimum absolute atomic E-state index is 0.0537. The zero-order valence-corrected chi connectivity index (χ0v) is 11.7. The van der Waals surface area contributed by atoms with Crippen molar-refractivity contribution in [1.82, 2.24) is 0 Å². The summed E-state index contributed by atoms with van der Waals surface area (Å²) in [6.07, 6.45) is 10.8. The van der Waals surface area contributed by atoms with Crippen molar-refractivity contribution in [2.75, 3.05) is 0 Å². The first-order valence-electron chi connectivity index (χ1n) is 7.43. The highest BCUT2D eigenvalue weighted by molar-refractivity contribution is 5.82. The van der Waals surface area contributed by atoms with Crippen LogP contribution in [0.3, 0.4) is 0 Å². The summed E-state index contributed by atoms with van der Waals surface area (Å²) in [6, 6.07) is 0. The Hall–Kier alpha value is -0.370. The second kappa shape index (κ2) is 12.1. The molecule has 0 saturated carbocycles. The zero-order chi connectivity index (χ0) is 12.9. The molecular weight excluding hydrogens is 212 g/mol. The molecule has 0 aromatic rings. The number of carbonyl (C=O) groups excluding carboxylic acids is 1. The molecule has 0 radical (unpaired) electrons. The second-order valence-electron chi connectivity index (χ2n) is 5.00. The Bertz CT molecular complexity index is 178. The summed E-state index contributed by atoms with van der Waals surface area (Å²) in [4.78, 5) is 11.6. The largest absolute Gasteiger partial charge is 0.385 e. The number of hydrogen-bond acceptors (Lipinski definition) is 2. The van der Waals surface area contributed by atoms with E-state index in [0.717, 1.165) is 25.7 Å². The van der Waals surface area contributed by atoms with Crippen molar-refractivity contribution < 1.29 is 9.90 Å². The molecular formula is C15H30O2. The van der Waals surface area contributed by atoms with Gasteiger partial charge in [0.2, 0.25) is 0 Å². The standard InChI is InChI=1S/C15H30O2/c1-3-5-7-9-11-13-15(17)14(16)12-10-8-6-4-2/h14,16H,3-13H2,1-2H3. The molecule has 1 atom stereocenters. The van der Waals surface area contributed by atoms with E-state index in [1.54, 1.807) is 0 Å². The number of aliphatic hydroxyl groups excluding tert-OH is 1. The first-order valence-corrected chi connectivity index (χ1v) is 7.43. The van der Waals surface area contributed by atoms with Crippen LogP contribution in [-0.4, -0.2) is 17.0 Å². The summed E-state index contributed by atoms with van der Waals surface area (Å²) < 4.78 is 0. The smallest absolute Gasteiger partial charge is 0.161 e. The van der Waals surface area contributed by atoms with E-state index in [4.69, 9.17) is 0 Å². The van der Waals surface area contributed by atoms with Crippen LogP contribution in [0.5, 0.6) is 0 Å². The van der Waals surface area contributed by atoms with E-state index in [1.165, 1.54) is 32.1 Å². The Kier molecular flexibility index (Phi) is 11.8. The third kappa shape index (κ3) is 10.5. The highest BCUT2D eigenvalue weighted by Gasteiger charge is 2.13. The van der Waals surface area contributed by atoms with Gasteiger partial charge < -0.3 is 5.11 Å². The predicted octanol–water partition coefficient (Wildman–Crippen LogP) is 4.25. The normalized spacial score (nSPS) is 12.6. The molecule has 17 heavy (non-hydrogen) atoms. The molecule has 0 heterocycles. The number of carbonyl (C=O) groups is 1. The molecule has 0 rings (SSSR count). The van der Waals surface area contributed by atoms with Crippen LogP contribution in [0.2, 0.25) is 0 Å². The molecule has 0 spiro atoms. The van der Waals surface area contributed by atoms with Gasteiger partial charge in [-0.2, -0.15) is 0 Å². The fourth-order valence-electron chi connectivity index (χ4n) is 1.99. The number of Topliss-reactive ketones (excluding diaryl/α,β-unsaturated/α-hetero) is 1. The van der Waals surface area contributed by atoms with Crippen molar-refractivity contribution in [3.8, 4) is 0 Å². The Morgan fingerprint density at radius 1 is 0.882 bits per heavy atom. The van der Waals surface area contributed by atoms with Gasteiger partial charge in [-0.25, -0.2) is 0 Å². The average molecular weight is 242 g/mol. The molecule has 0 aromatic heterocycles. The molecule has 0 amide bonds. The van der Waals surface area contributed by atoms with Crippen LogP contribution in [-0.2, 0) is 4.79 Å². The predicted molar refractivity (Wildman–Crippen MR) is 73.1 cm³/mol. The molecule has 2 nitrogen and oxygen atoms in total. The first-order chi connectivity index (χ1) is 8.22. The van der Waals surface area contributed by atoms with Gasteiger partial charge in [-0.3, -0.25) is 4.79 Å². The minimum Gasteiger partial charge on any atom is -0.385 e. The summed E-state index contributed by atoms with van der Waals surface area (Å²) in [5.74, 6) is 0.0537. The van der Waals surface area contributed by atoms with Gasteiger partial charge >= 0.3 is 0 Å². The molecule has 0 bridgehead atoms. The number of ketones is 1. The van der Waals surface area contributed by atoms with Crippen molar-refractivity contribution in [3.63, 3.8) is 0 Å². The molecule has 0 aliphatic heterocycles. The van der Waals surface area contributed by atoms with Crippen molar-refractivity contribution >= 4 is 5.78 Å². The van der Waals surface area contributed by atoms with E-state index >= 15 is 0 Å². The summed E-state index contributed by atoms with van der Waals surface area (Å²) >= 11 is 0. The molecule has 1 N–H and O–H groups in total. The van der Waals surface area contributed by atoms with E-state index in [-0.39, 0.29) is 5.78 Å². The van der Waals surface area contributed by atoms with Crippen molar-refractivity contribution in [1.29, 1.82) is 0 Å². The Balaban J connectivity index is 3.40. The molecule has 0 aromatic carbocycles. The summed E-state index contributed by atoms with van der Waals surface area (Å²) in [6.45, 7) is 4.35. The SMILES string of the molecule is CCCCCCCC(=O)C(O)CCCCCC. The quantitative estimate of drug-likeness (QED) is 0.519. The highest BCUT2D eigenvalue weighted by Crippen LogP contribution is 2.10. The monoisotopic (exact) mass is 242 g/mol. The summed E-state index contributed by atoms with van der Waals surface area (Å²) in [7, 11) is 0. The van der Waals surface area contributed by atoms with Gasteiger partial charge in [0, 0.05) is 6.42 Å². The number of hydrogen-bond donors (Lipinski definition) is 1. The van der Waals surface area contributed by atoms with Gasteiger partial charge in [-0.05, 0) is 12.8 Å². The van der Waals surface area contributed by atoms with Gasteiger partial charge in [-0.15, -0.1) is 0 Å². The Morgan fingerprint density at radius 3 is 2.00 bits per heavy atom. The van der Waals surface area contributed by atoms with Gasteiger partial charge in [-0.1, -0.05) is 65.2 Å². The zero-order valence-electron chi connectivity index (χ0n) is 11.7.